The predicted octanol–water partition coefficient (Wildman–Crippen LogP) is 4.01. The molecule has 0 radical (unpaired) electrons. The summed E-state index contributed by atoms with van der Waals surface area (Å²) >= 11 is 3.30. The van der Waals surface area contributed by atoms with E-state index in [2.05, 4.69) is 15.9 Å². The third-order valence-corrected chi connectivity index (χ3v) is 3.37. The molecule has 5 nitrogen and oxygen atoms in total. The van der Waals surface area contributed by atoms with E-state index in [1.807, 2.05) is 0 Å². The molecule has 0 N–H and O–H groups in total. The van der Waals surface area contributed by atoms with Gasteiger partial charge >= 0.3 is 0 Å². The molecular weight excluding hydrogens is 338 g/mol. The molecule has 108 valence electrons. The van der Waals surface area contributed by atoms with Crippen LogP contribution < -0.4 is 4.74 Å². The fraction of sp³-hybridized carbons (Fsp3) is 0.133. The second-order valence-electron chi connectivity index (χ2n) is 4.39. The molecule has 0 spiro atoms. The van der Waals surface area contributed by atoms with Crippen molar-refractivity contribution in [2.24, 2.45) is 0 Å². The Morgan fingerprint density at radius 3 is 2.52 bits per heavy atom. The van der Waals surface area contributed by atoms with Crippen molar-refractivity contribution in [2.45, 2.75) is 13.0 Å². The van der Waals surface area contributed by atoms with E-state index in [0.29, 0.717) is 11.3 Å². The largest absolute Gasteiger partial charge is 0.482 e. The van der Waals surface area contributed by atoms with Crippen LogP contribution in [0.25, 0.3) is 0 Å². The number of nitro benzene ring substituents is 1. The van der Waals surface area contributed by atoms with Crippen molar-refractivity contribution < 1.29 is 14.5 Å². The molecule has 21 heavy (non-hydrogen) atoms. The molecule has 0 saturated heterocycles. The number of carbonyl (C=O) groups is 1. The SMILES string of the molecule is C[C@@H](Oc1cccc([N+](=O)[O-])c1)C(=O)c1ccc(Br)cc1. The minimum Gasteiger partial charge on any atom is -0.482 e. The Hall–Kier alpha value is -2.21. The molecule has 0 fully saturated rings. The van der Waals surface area contributed by atoms with Gasteiger partial charge in [-0.15, -0.1) is 0 Å². The molecule has 0 heterocycles. The van der Waals surface area contributed by atoms with Gasteiger partial charge in [-0.2, -0.15) is 0 Å². The number of nitro groups is 1. The van der Waals surface area contributed by atoms with Crippen molar-refractivity contribution >= 4 is 27.4 Å². The minimum absolute atomic E-state index is 0.0733. The highest BCUT2D eigenvalue weighted by molar-refractivity contribution is 9.10. The predicted molar refractivity (Wildman–Crippen MR) is 81.7 cm³/mol. The van der Waals surface area contributed by atoms with Gasteiger partial charge in [0.05, 0.1) is 11.0 Å². The van der Waals surface area contributed by atoms with E-state index in [9.17, 15) is 14.9 Å². The van der Waals surface area contributed by atoms with Crippen LogP contribution in [0.15, 0.2) is 53.0 Å². The van der Waals surface area contributed by atoms with Gasteiger partial charge in [0.15, 0.2) is 6.10 Å². The molecule has 0 aliphatic rings. The molecular formula is C15H12BrNO4. The summed E-state index contributed by atoms with van der Waals surface area (Å²) < 4.78 is 6.37. The average molecular weight is 350 g/mol. The maximum Gasteiger partial charge on any atom is 0.273 e. The van der Waals surface area contributed by atoms with Gasteiger partial charge in [-0.25, -0.2) is 0 Å². The Balaban J connectivity index is 2.12. The lowest BCUT2D eigenvalue weighted by Crippen LogP contribution is -2.23. The summed E-state index contributed by atoms with van der Waals surface area (Å²) in [6.07, 6.45) is -0.729. The lowest BCUT2D eigenvalue weighted by atomic mass is 10.1. The van der Waals surface area contributed by atoms with Gasteiger partial charge in [0.2, 0.25) is 5.78 Å². The maximum atomic E-state index is 12.2. The fourth-order valence-electron chi connectivity index (χ4n) is 1.78. The summed E-state index contributed by atoms with van der Waals surface area (Å²) in [6, 6.07) is 12.7. The molecule has 2 aromatic rings. The standard InChI is InChI=1S/C15H12BrNO4/c1-10(15(18)11-5-7-12(16)8-6-11)21-14-4-2-3-13(9-14)17(19)20/h2-10H,1H3/t10-/m1/s1. The van der Waals surface area contributed by atoms with Gasteiger partial charge in [0.1, 0.15) is 5.75 Å². The summed E-state index contributed by atoms with van der Waals surface area (Å²) in [6.45, 7) is 1.61. The van der Waals surface area contributed by atoms with Crippen LogP contribution in [-0.2, 0) is 0 Å². The van der Waals surface area contributed by atoms with Crippen LogP contribution in [0.5, 0.6) is 5.75 Å². The van der Waals surface area contributed by atoms with Crippen molar-refractivity contribution in [3.05, 3.63) is 68.7 Å². The van der Waals surface area contributed by atoms with Gasteiger partial charge in [-0.1, -0.05) is 34.1 Å². The molecule has 0 aliphatic carbocycles. The number of hydrogen-bond acceptors (Lipinski definition) is 4. The third kappa shape index (κ3) is 3.88. The minimum atomic E-state index is -0.729. The summed E-state index contributed by atoms with van der Waals surface area (Å²) in [5, 5.41) is 10.7. The Labute approximate surface area is 129 Å². The number of halogens is 1. The van der Waals surface area contributed by atoms with Crippen molar-refractivity contribution in [3.63, 3.8) is 0 Å². The lowest BCUT2D eigenvalue weighted by molar-refractivity contribution is -0.384. The van der Waals surface area contributed by atoms with Gasteiger partial charge < -0.3 is 4.74 Å². The number of rotatable bonds is 5. The first kappa shape index (κ1) is 15.2. The van der Waals surface area contributed by atoms with Crippen molar-refractivity contribution in [1.82, 2.24) is 0 Å². The van der Waals surface area contributed by atoms with Gasteiger partial charge in [-0.3, -0.25) is 14.9 Å². The number of Topliss-reactive ketones (excluding diaryl/α,β-unsaturated/α-hetero) is 1. The molecule has 2 aromatic carbocycles. The highest BCUT2D eigenvalue weighted by Gasteiger charge is 2.17. The molecule has 0 saturated carbocycles. The molecule has 0 unspecified atom stereocenters. The van der Waals surface area contributed by atoms with Gasteiger partial charge in [0, 0.05) is 16.1 Å². The first-order valence-electron chi connectivity index (χ1n) is 6.18. The third-order valence-electron chi connectivity index (χ3n) is 2.84. The highest BCUT2D eigenvalue weighted by Crippen LogP contribution is 2.21. The van der Waals surface area contributed by atoms with E-state index < -0.39 is 11.0 Å². The topological polar surface area (TPSA) is 69.4 Å². The second kappa shape index (κ2) is 6.49. The quantitative estimate of drug-likeness (QED) is 0.464. The lowest BCUT2D eigenvalue weighted by Gasteiger charge is -2.13. The average Bonchev–Trinajstić information content (AvgIpc) is 2.47. The summed E-state index contributed by atoms with van der Waals surface area (Å²) in [5.74, 6) is 0.108. The number of hydrogen-bond donors (Lipinski definition) is 0. The van der Waals surface area contributed by atoms with E-state index >= 15 is 0 Å². The van der Waals surface area contributed by atoms with Crippen LogP contribution >= 0.6 is 15.9 Å². The molecule has 0 aromatic heterocycles. The van der Waals surface area contributed by atoms with Crippen LogP contribution in [0, 0.1) is 10.1 Å². The van der Waals surface area contributed by atoms with Gasteiger partial charge in [-0.05, 0) is 25.1 Å². The fourth-order valence-corrected chi connectivity index (χ4v) is 2.04. The highest BCUT2D eigenvalue weighted by atomic mass is 79.9. The van der Waals surface area contributed by atoms with Crippen LogP contribution in [-0.4, -0.2) is 16.8 Å². The van der Waals surface area contributed by atoms with Crippen molar-refractivity contribution in [3.8, 4) is 5.75 Å². The van der Waals surface area contributed by atoms with Crippen molar-refractivity contribution in [2.75, 3.05) is 0 Å². The number of benzene rings is 2. The maximum absolute atomic E-state index is 12.2. The van der Waals surface area contributed by atoms with Crippen LogP contribution in [0.1, 0.15) is 17.3 Å². The summed E-state index contributed by atoms with van der Waals surface area (Å²) in [4.78, 5) is 22.4. The molecule has 6 heteroatoms. The number of nitrogens with zero attached hydrogens (tertiary/aromatic N) is 1. The van der Waals surface area contributed by atoms with E-state index in [1.165, 1.54) is 18.2 Å². The van der Waals surface area contributed by atoms with Crippen molar-refractivity contribution in [1.29, 1.82) is 0 Å². The normalized spacial score (nSPS) is 11.7. The summed E-state index contributed by atoms with van der Waals surface area (Å²) in [5.41, 5.74) is 0.451. The smallest absolute Gasteiger partial charge is 0.273 e. The number of non-ortho nitro benzene ring substituents is 1. The number of carbonyl (C=O) groups excluding carboxylic acids is 1. The molecule has 0 aliphatic heterocycles. The Morgan fingerprint density at radius 2 is 1.90 bits per heavy atom. The monoisotopic (exact) mass is 349 g/mol. The van der Waals surface area contributed by atoms with Crippen LogP contribution in [0.3, 0.4) is 0 Å². The van der Waals surface area contributed by atoms with E-state index in [0.717, 1.165) is 4.47 Å². The summed E-state index contributed by atoms with van der Waals surface area (Å²) in [7, 11) is 0. The Bertz CT molecular complexity index is 670. The van der Waals surface area contributed by atoms with Crippen LogP contribution in [0.2, 0.25) is 0 Å². The molecule has 0 bridgehead atoms. The Morgan fingerprint density at radius 1 is 1.24 bits per heavy atom. The van der Waals surface area contributed by atoms with Gasteiger partial charge in [0.25, 0.3) is 5.69 Å². The van der Waals surface area contributed by atoms with E-state index in [1.54, 1.807) is 37.3 Å². The molecule has 2 rings (SSSR count). The van der Waals surface area contributed by atoms with E-state index in [4.69, 9.17) is 4.74 Å². The molecule has 0 amide bonds. The first-order chi connectivity index (χ1) is 9.97. The zero-order valence-electron chi connectivity index (χ0n) is 11.2. The second-order valence-corrected chi connectivity index (χ2v) is 5.30. The Kier molecular flexibility index (Phi) is 4.70. The zero-order valence-corrected chi connectivity index (χ0v) is 12.7. The number of ether oxygens (including phenoxy) is 1. The molecule has 1 atom stereocenters. The van der Waals surface area contributed by atoms with E-state index in [-0.39, 0.29) is 11.5 Å². The first-order valence-corrected chi connectivity index (χ1v) is 6.97. The zero-order chi connectivity index (χ0) is 15.4. The number of ketones is 1. The van der Waals surface area contributed by atoms with Crippen LogP contribution in [0.4, 0.5) is 5.69 Å².